The summed E-state index contributed by atoms with van der Waals surface area (Å²) in [5.74, 6) is -0.669. The molecule has 0 amide bonds. The van der Waals surface area contributed by atoms with E-state index in [9.17, 15) is 40.5 Å². The number of unbranched alkanes of at least 4 members (excludes halogenated alkanes) is 12. The third-order valence-corrected chi connectivity index (χ3v) is 8.02. The molecule has 0 radical (unpaired) electrons. The Morgan fingerprint density at radius 1 is 0.675 bits per heavy atom. The van der Waals surface area contributed by atoms with E-state index < -0.39 is 79.8 Å². The monoisotopic (exact) mass is 579 g/mol. The fraction of sp³-hybridized carbons (Fsp3) is 0.964. The highest BCUT2D eigenvalue weighted by molar-refractivity contribution is 5.69. The molecule has 1 aliphatic carbocycles. The quantitative estimate of drug-likeness (QED) is 0.0795. The molecule has 12 nitrogen and oxygen atoms in total. The van der Waals surface area contributed by atoms with E-state index in [2.05, 4.69) is 6.92 Å². The molecular weight excluding hydrogens is 526 g/mol. The molecule has 1 saturated carbocycles. The van der Waals surface area contributed by atoms with Gasteiger partial charge in [0.2, 0.25) is 0 Å². The number of aliphatic hydroxyl groups excluding tert-OH is 7. The van der Waals surface area contributed by atoms with Gasteiger partial charge in [0.15, 0.2) is 12.4 Å². The maximum Gasteiger partial charge on any atom is 0.306 e. The number of hydrogen-bond acceptors (Lipinski definition) is 12. The Hall–Kier alpha value is -0.930. The van der Waals surface area contributed by atoms with Crippen LogP contribution in [0.5, 0.6) is 0 Å². The molecule has 1 saturated heterocycles. The highest BCUT2D eigenvalue weighted by Gasteiger charge is 2.54. The van der Waals surface area contributed by atoms with E-state index in [0.29, 0.717) is 6.42 Å². The summed E-state index contributed by atoms with van der Waals surface area (Å²) in [4.78, 5) is 12.4. The summed E-state index contributed by atoms with van der Waals surface area (Å²) >= 11 is 0. The van der Waals surface area contributed by atoms with Crippen LogP contribution in [0.4, 0.5) is 0 Å². The fourth-order valence-corrected chi connectivity index (χ4v) is 5.36. The maximum absolute atomic E-state index is 12.4. The second-order valence-electron chi connectivity index (χ2n) is 11.3. The standard InChI is InChI=1S/C28H53NO11/c1-2-3-4-5-6-7-8-9-10-11-12-13-14-15-18(31)39-26-23(35)22(34)24(36)27(25(26)37)40-28-19(29)21(33)20(32)17(16-30)38-28/h17,19-28,30,32-37H,2-16,29H2,1H3/t17?,19?,20-,21-,22+,23?,24+,25?,26+,27?,28-/m1/s1. The molecule has 0 bridgehead atoms. The molecular formula is C28H53NO11. The predicted molar refractivity (Wildman–Crippen MR) is 145 cm³/mol. The van der Waals surface area contributed by atoms with Crippen molar-refractivity contribution in [1.82, 2.24) is 0 Å². The van der Waals surface area contributed by atoms with Crippen molar-refractivity contribution < 1.29 is 54.8 Å². The largest absolute Gasteiger partial charge is 0.457 e. The summed E-state index contributed by atoms with van der Waals surface area (Å²) in [5, 5.41) is 71.4. The Labute approximate surface area is 237 Å². The Bertz CT molecular complexity index is 699. The van der Waals surface area contributed by atoms with Gasteiger partial charge in [-0.1, -0.05) is 84.0 Å². The first-order chi connectivity index (χ1) is 19.1. The Kier molecular flexibility index (Phi) is 16.4. The van der Waals surface area contributed by atoms with Crippen molar-refractivity contribution in [2.45, 2.75) is 164 Å². The van der Waals surface area contributed by atoms with Gasteiger partial charge in [-0.15, -0.1) is 0 Å². The Balaban J connectivity index is 1.73. The zero-order chi connectivity index (χ0) is 29.7. The molecule has 0 aromatic heterocycles. The molecule has 5 unspecified atom stereocenters. The van der Waals surface area contributed by atoms with Crippen molar-refractivity contribution in [3.05, 3.63) is 0 Å². The van der Waals surface area contributed by atoms with Gasteiger partial charge in [0.25, 0.3) is 0 Å². The van der Waals surface area contributed by atoms with Crippen LogP contribution in [-0.2, 0) is 19.0 Å². The van der Waals surface area contributed by atoms with E-state index >= 15 is 0 Å². The maximum atomic E-state index is 12.4. The summed E-state index contributed by atoms with van der Waals surface area (Å²) in [6.45, 7) is 1.56. The summed E-state index contributed by atoms with van der Waals surface area (Å²) in [6, 6.07) is -1.32. The summed E-state index contributed by atoms with van der Waals surface area (Å²) in [6.07, 6.45) is -1.08. The topological polar surface area (TPSA) is 212 Å². The molecule has 2 aliphatic rings. The number of esters is 1. The first-order valence-electron chi connectivity index (χ1n) is 15.1. The molecule has 0 aromatic carbocycles. The van der Waals surface area contributed by atoms with E-state index in [0.717, 1.165) is 19.3 Å². The molecule has 11 atom stereocenters. The van der Waals surface area contributed by atoms with E-state index in [-0.39, 0.29) is 6.42 Å². The van der Waals surface area contributed by atoms with Crippen LogP contribution in [0.15, 0.2) is 0 Å². The number of nitrogens with two attached hydrogens (primary N) is 1. The third kappa shape index (κ3) is 10.4. The van der Waals surface area contributed by atoms with E-state index in [4.69, 9.17) is 19.9 Å². The lowest BCUT2D eigenvalue weighted by Gasteiger charge is -2.46. The fourth-order valence-electron chi connectivity index (χ4n) is 5.36. The minimum atomic E-state index is -1.83. The number of carbonyl (C=O) groups is 1. The van der Waals surface area contributed by atoms with Crippen LogP contribution in [0.3, 0.4) is 0 Å². The van der Waals surface area contributed by atoms with Gasteiger partial charge in [0.1, 0.15) is 48.8 Å². The molecule has 2 fully saturated rings. The smallest absolute Gasteiger partial charge is 0.306 e. The van der Waals surface area contributed by atoms with E-state index in [1.807, 2.05) is 0 Å². The van der Waals surface area contributed by atoms with Crippen molar-refractivity contribution in [3.8, 4) is 0 Å². The SMILES string of the molecule is CCCCCCCCCCCCCCCC(=O)O[C@@H]1C(O)C(O[C@H]2OC(CO)[C@@H](O)[C@H](O)C2N)[C@@H](O)[C@@H](O)C1O. The van der Waals surface area contributed by atoms with Crippen molar-refractivity contribution in [1.29, 1.82) is 0 Å². The molecule has 9 N–H and O–H groups in total. The van der Waals surface area contributed by atoms with Crippen LogP contribution >= 0.6 is 0 Å². The lowest BCUT2D eigenvalue weighted by atomic mass is 9.84. The number of carbonyl (C=O) groups excluding carboxylic acids is 1. The van der Waals surface area contributed by atoms with Gasteiger partial charge in [-0.25, -0.2) is 0 Å². The molecule has 236 valence electrons. The zero-order valence-electron chi connectivity index (χ0n) is 23.8. The average molecular weight is 580 g/mol. The van der Waals surface area contributed by atoms with Crippen LogP contribution in [0.2, 0.25) is 0 Å². The van der Waals surface area contributed by atoms with Crippen LogP contribution in [0.1, 0.15) is 96.8 Å². The first-order valence-corrected chi connectivity index (χ1v) is 15.1. The molecule has 0 aromatic rings. The van der Waals surface area contributed by atoms with E-state index in [1.165, 1.54) is 57.8 Å². The van der Waals surface area contributed by atoms with Crippen LogP contribution in [0.25, 0.3) is 0 Å². The van der Waals surface area contributed by atoms with Crippen LogP contribution in [-0.4, -0.2) is 116 Å². The number of aliphatic hydroxyl groups is 7. The minimum Gasteiger partial charge on any atom is -0.457 e. The van der Waals surface area contributed by atoms with Gasteiger partial charge in [-0.3, -0.25) is 4.79 Å². The average Bonchev–Trinajstić information content (AvgIpc) is 2.94. The van der Waals surface area contributed by atoms with Gasteiger partial charge in [-0.2, -0.15) is 0 Å². The number of ether oxygens (including phenoxy) is 3. The predicted octanol–water partition coefficient (Wildman–Crippen LogP) is -0.0118. The first kappa shape index (κ1) is 35.3. The number of rotatable bonds is 18. The number of hydrogen-bond donors (Lipinski definition) is 8. The molecule has 2 rings (SSSR count). The van der Waals surface area contributed by atoms with Gasteiger partial charge in [0, 0.05) is 6.42 Å². The van der Waals surface area contributed by atoms with Crippen molar-refractivity contribution in [2.75, 3.05) is 6.61 Å². The Morgan fingerprint density at radius 3 is 1.70 bits per heavy atom. The summed E-state index contributed by atoms with van der Waals surface area (Å²) in [7, 11) is 0. The van der Waals surface area contributed by atoms with Crippen LogP contribution in [0, 0.1) is 0 Å². The molecule has 1 aliphatic heterocycles. The zero-order valence-corrected chi connectivity index (χ0v) is 23.8. The molecule has 0 spiro atoms. The highest BCUT2D eigenvalue weighted by atomic mass is 16.7. The third-order valence-electron chi connectivity index (χ3n) is 8.02. The van der Waals surface area contributed by atoms with Crippen molar-refractivity contribution >= 4 is 5.97 Å². The van der Waals surface area contributed by atoms with Gasteiger partial charge < -0.3 is 55.7 Å². The minimum absolute atomic E-state index is 0.0662. The van der Waals surface area contributed by atoms with Gasteiger partial charge in [-0.05, 0) is 6.42 Å². The van der Waals surface area contributed by atoms with E-state index in [1.54, 1.807) is 0 Å². The van der Waals surface area contributed by atoms with Gasteiger partial charge in [0.05, 0.1) is 12.6 Å². The highest BCUT2D eigenvalue weighted by Crippen LogP contribution is 2.30. The second-order valence-corrected chi connectivity index (χ2v) is 11.3. The summed E-state index contributed by atoms with van der Waals surface area (Å²) < 4.78 is 16.2. The normalized spacial score (nSPS) is 36.5. The van der Waals surface area contributed by atoms with Crippen LogP contribution < -0.4 is 5.73 Å². The molecule has 40 heavy (non-hydrogen) atoms. The Morgan fingerprint density at radius 2 is 1.18 bits per heavy atom. The van der Waals surface area contributed by atoms with Gasteiger partial charge >= 0.3 is 5.97 Å². The van der Waals surface area contributed by atoms with Crippen molar-refractivity contribution in [3.63, 3.8) is 0 Å². The van der Waals surface area contributed by atoms with Crippen molar-refractivity contribution in [2.24, 2.45) is 5.73 Å². The lowest BCUT2D eigenvalue weighted by molar-refractivity contribution is -0.317. The molecule has 12 heteroatoms. The lowest BCUT2D eigenvalue weighted by Crippen LogP contribution is -2.68. The molecule has 1 heterocycles. The summed E-state index contributed by atoms with van der Waals surface area (Å²) in [5.41, 5.74) is 5.85. The second kappa shape index (κ2) is 18.6.